The number of rotatable bonds is 7. The van der Waals surface area contributed by atoms with Crippen LogP contribution in [0.15, 0.2) is 41.3 Å². The summed E-state index contributed by atoms with van der Waals surface area (Å²) in [6.45, 7) is 0. The summed E-state index contributed by atoms with van der Waals surface area (Å²) in [7, 11) is 0.877. The highest BCUT2D eigenvalue weighted by atomic mass is 35.5. The Labute approximate surface area is 188 Å². The van der Waals surface area contributed by atoms with Gasteiger partial charge >= 0.3 is 0 Å². The van der Waals surface area contributed by atoms with Gasteiger partial charge in [-0.05, 0) is 31.0 Å². The molecular formula is C22H27ClN2O5S. The zero-order valence-corrected chi connectivity index (χ0v) is 19.4. The maximum absolute atomic E-state index is 13.1. The molecule has 0 aromatic heterocycles. The van der Waals surface area contributed by atoms with Crippen LogP contribution < -0.4 is 14.8 Å². The molecule has 0 saturated heterocycles. The summed E-state index contributed by atoms with van der Waals surface area (Å²) in [5, 5.41) is 2.98. The summed E-state index contributed by atoms with van der Waals surface area (Å²) in [5.41, 5.74) is 0.542. The van der Waals surface area contributed by atoms with Gasteiger partial charge in [-0.15, -0.1) is 0 Å². The highest BCUT2D eigenvalue weighted by molar-refractivity contribution is 7.89. The number of halogens is 1. The summed E-state index contributed by atoms with van der Waals surface area (Å²) in [6, 6.07) is 9.10. The fourth-order valence-electron chi connectivity index (χ4n) is 3.75. The van der Waals surface area contributed by atoms with E-state index in [1.165, 1.54) is 36.7 Å². The lowest BCUT2D eigenvalue weighted by Crippen LogP contribution is -2.38. The number of ether oxygens (including phenoxy) is 2. The van der Waals surface area contributed by atoms with Crippen LogP contribution in [0, 0.1) is 0 Å². The molecule has 2 aromatic rings. The lowest BCUT2D eigenvalue weighted by Gasteiger charge is -2.30. The van der Waals surface area contributed by atoms with E-state index in [1.807, 2.05) is 0 Å². The molecule has 1 aliphatic carbocycles. The van der Waals surface area contributed by atoms with Crippen LogP contribution in [0.5, 0.6) is 11.5 Å². The zero-order chi connectivity index (χ0) is 22.6. The largest absolute Gasteiger partial charge is 0.493 e. The molecule has 0 atom stereocenters. The molecule has 1 amide bonds. The first-order valence-corrected chi connectivity index (χ1v) is 11.9. The van der Waals surface area contributed by atoms with Gasteiger partial charge < -0.3 is 14.8 Å². The van der Waals surface area contributed by atoms with Gasteiger partial charge in [0.15, 0.2) is 11.5 Å². The number of nitrogens with one attached hydrogen (secondary N) is 1. The molecule has 0 radical (unpaired) electrons. The number of anilines is 1. The lowest BCUT2D eigenvalue weighted by atomic mass is 9.96. The van der Waals surface area contributed by atoms with E-state index in [0.717, 1.165) is 32.1 Å². The second-order valence-electron chi connectivity index (χ2n) is 7.48. The number of hydrogen-bond donors (Lipinski definition) is 1. The number of carbonyl (C=O) groups excluding carboxylic acids is 1. The molecule has 0 heterocycles. The van der Waals surface area contributed by atoms with Crippen LogP contribution in [0.3, 0.4) is 0 Å². The molecule has 1 saturated carbocycles. The fourth-order valence-corrected chi connectivity index (χ4v) is 5.41. The van der Waals surface area contributed by atoms with Crippen LogP contribution in [0.4, 0.5) is 5.69 Å². The number of benzene rings is 2. The van der Waals surface area contributed by atoms with E-state index >= 15 is 0 Å². The van der Waals surface area contributed by atoms with Crippen molar-refractivity contribution in [1.82, 2.24) is 4.31 Å². The van der Waals surface area contributed by atoms with Crippen molar-refractivity contribution in [3.05, 3.63) is 47.0 Å². The normalized spacial score (nSPS) is 15.0. The van der Waals surface area contributed by atoms with Gasteiger partial charge in [0.2, 0.25) is 10.0 Å². The quantitative estimate of drug-likeness (QED) is 0.646. The third kappa shape index (κ3) is 5.14. The zero-order valence-electron chi connectivity index (χ0n) is 17.9. The van der Waals surface area contributed by atoms with Crippen LogP contribution in [-0.4, -0.2) is 45.9 Å². The van der Waals surface area contributed by atoms with Gasteiger partial charge in [0.05, 0.1) is 29.8 Å². The van der Waals surface area contributed by atoms with Crippen molar-refractivity contribution in [2.24, 2.45) is 0 Å². The van der Waals surface area contributed by atoms with Crippen molar-refractivity contribution >= 4 is 33.2 Å². The summed E-state index contributed by atoms with van der Waals surface area (Å²) in [6.07, 6.45) is 4.90. The monoisotopic (exact) mass is 466 g/mol. The van der Waals surface area contributed by atoms with Crippen LogP contribution in [0.2, 0.25) is 5.02 Å². The molecule has 1 fully saturated rings. The number of amides is 1. The first-order chi connectivity index (χ1) is 14.8. The molecule has 3 rings (SSSR count). The SMILES string of the molecule is COc1cc(Cl)c(NC(=O)c2cccc(S(=O)(=O)N(C)C3CCCCC3)c2)cc1OC. The van der Waals surface area contributed by atoms with Gasteiger partial charge in [0, 0.05) is 30.8 Å². The number of carbonyl (C=O) groups is 1. The Bertz CT molecular complexity index is 1050. The molecule has 0 aliphatic heterocycles. The predicted octanol–water partition coefficient (Wildman–Crippen LogP) is 4.56. The minimum Gasteiger partial charge on any atom is -0.493 e. The number of hydrogen-bond acceptors (Lipinski definition) is 5. The van der Waals surface area contributed by atoms with Gasteiger partial charge in [0.1, 0.15) is 0 Å². The number of methoxy groups -OCH3 is 2. The van der Waals surface area contributed by atoms with Crippen LogP contribution in [-0.2, 0) is 10.0 Å². The van der Waals surface area contributed by atoms with Crippen LogP contribution >= 0.6 is 11.6 Å². The smallest absolute Gasteiger partial charge is 0.255 e. The highest BCUT2D eigenvalue weighted by Gasteiger charge is 2.29. The van der Waals surface area contributed by atoms with Gasteiger partial charge in [-0.25, -0.2) is 8.42 Å². The number of sulfonamides is 1. The average Bonchev–Trinajstić information content (AvgIpc) is 2.80. The minimum atomic E-state index is -3.70. The Morgan fingerprint density at radius 1 is 1.06 bits per heavy atom. The first kappa shape index (κ1) is 23.4. The van der Waals surface area contributed by atoms with E-state index in [9.17, 15) is 13.2 Å². The summed E-state index contributed by atoms with van der Waals surface area (Å²) >= 11 is 6.25. The van der Waals surface area contributed by atoms with E-state index in [0.29, 0.717) is 17.2 Å². The highest BCUT2D eigenvalue weighted by Crippen LogP contribution is 2.36. The second kappa shape index (κ2) is 9.89. The van der Waals surface area contributed by atoms with Crippen molar-refractivity contribution in [3.63, 3.8) is 0 Å². The Morgan fingerprint density at radius 3 is 2.35 bits per heavy atom. The maximum atomic E-state index is 13.1. The van der Waals surface area contributed by atoms with Gasteiger partial charge in [-0.1, -0.05) is 36.9 Å². The van der Waals surface area contributed by atoms with Crippen molar-refractivity contribution in [2.75, 3.05) is 26.6 Å². The third-order valence-corrected chi connectivity index (χ3v) is 7.80. The Balaban J connectivity index is 1.83. The molecule has 1 N–H and O–H groups in total. The van der Waals surface area contributed by atoms with Crippen molar-refractivity contribution < 1.29 is 22.7 Å². The second-order valence-corrected chi connectivity index (χ2v) is 9.89. The van der Waals surface area contributed by atoms with Crippen molar-refractivity contribution in [1.29, 1.82) is 0 Å². The molecule has 0 spiro atoms. The molecule has 9 heteroatoms. The Kier molecular flexibility index (Phi) is 7.46. The average molecular weight is 467 g/mol. The molecule has 2 aromatic carbocycles. The summed E-state index contributed by atoms with van der Waals surface area (Å²) < 4.78 is 38.1. The molecule has 0 bridgehead atoms. The fraction of sp³-hybridized carbons (Fsp3) is 0.409. The summed E-state index contributed by atoms with van der Waals surface area (Å²) in [4.78, 5) is 12.9. The third-order valence-electron chi connectivity index (χ3n) is 5.58. The molecule has 7 nitrogen and oxygen atoms in total. The van der Waals surface area contributed by atoms with E-state index < -0.39 is 15.9 Å². The van der Waals surface area contributed by atoms with Gasteiger partial charge in [-0.2, -0.15) is 4.31 Å². The lowest BCUT2D eigenvalue weighted by molar-refractivity contribution is 0.102. The Morgan fingerprint density at radius 2 is 1.71 bits per heavy atom. The molecule has 168 valence electrons. The van der Waals surface area contributed by atoms with Crippen molar-refractivity contribution in [3.8, 4) is 11.5 Å². The van der Waals surface area contributed by atoms with Gasteiger partial charge in [-0.3, -0.25) is 4.79 Å². The summed E-state index contributed by atoms with van der Waals surface area (Å²) in [5.74, 6) is 0.364. The molecule has 0 unspecified atom stereocenters. The number of nitrogens with zero attached hydrogens (tertiary/aromatic N) is 1. The van der Waals surface area contributed by atoms with Crippen LogP contribution in [0.25, 0.3) is 0 Å². The minimum absolute atomic E-state index is 0.0122. The van der Waals surface area contributed by atoms with Crippen LogP contribution in [0.1, 0.15) is 42.5 Å². The molecule has 1 aliphatic rings. The molecular weight excluding hydrogens is 440 g/mol. The Hall–Kier alpha value is -2.29. The van der Waals surface area contributed by atoms with E-state index in [4.69, 9.17) is 21.1 Å². The van der Waals surface area contributed by atoms with E-state index in [2.05, 4.69) is 5.32 Å². The van der Waals surface area contributed by atoms with E-state index in [1.54, 1.807) is 25.2 Å². The van der Waals surface area contributed by atoms with Gasteiger partial charge in [0.25, 0.3) is 5.91 Å². The standard InChI is InChI=1S/C22H27ClN2O5S/c1-25(16-9-5-4-6-10-16)31(27,28)17-11-7-8-15(12-17)22(26)24-19-14-21(30-3)20(29-2)13-18(19)23/h7-8,11-14,16H,4-6,9-10H2,1-3H3,(H,24,26). The first-order valence-electron chi connectivity index (χ1n) is 10.1. The van der Waals surface area contributed by atoms with E-state index in [-0.39, 0.29) is 21.5 Å². The molecule has 31 heavy (non-hydrogen) atoms. The maximum Gasteiger partial charge on any atom is 0.255 e. The predicted molar refractivity (Wildman–Crippen MR) is 121 cm³/mol. The topological polar surface area (TPSA) is 84.9 Å². The van der Waals surface area contributed by atoms with Crippen molar-refractivity contribution in [2.45, 2.75) is 43.0 Å².